The number of hydrogen-bond donors (Lipinski definition) is 6. The first kappa shape index (κ1) is 19.1. The molecular formula is C11H24N5O5+. The first-order valence-corrected chi connectivity index (χ1v) is 6.43. The van der Waals surface area contributed by atoms with Crippen LogP contribution in [0.15, 0.2) is 4.99 Å². The summed E-state index contributed by atoms with van der Waals surface area (Å²) in [7, 11) is 2.65. The van der Waals surface area contributed by atoms with Gasteiger partial charge in [0.05, 0.1) is 20.2 Å². The minimum absolute atomic E-state index is 0.175. The second-order valence-corrected chi connectivity index (χ2v) is 3.98. The first-order valence-electron chi connectivity index (χ1n) is 6.43. The van der Waals surface area contributed by atoms with E-state index in [4.69, 9.17) is 0 Å². The number of ether oxygens (including phenoxy) is 1. The van der Waals surface area contributed by atoms with Crippen molar-refractivity contribution in [1.29, 1.82) is 0 Å². The molecule has 1 amide bonds. The summed E-state index contributed by atoms with van der Waals surface area (Å²) in [6.07, 6.45) is -3.78. The number of amides is 1. The predicted molar refractivity (Wildman–Crippen MR) is 74.2 cm³/mol. The molecule has 0 fully saturated rings. The molecule has 0 unspecified atom stereocenters. The number of nitrogens with zero attached hydrogens (tertiary/aromatic N) is 1. The van der Waals surface area contributed by atoms with E-state index in [0.29, 0.717) is 25.6 Å². The van der Waals surface area contributed by atoms with Crippen molar-refractivity contribution in [1.82, 2.24) is 16.0 Å². The predicted octanol–water partition coefficient (Wildman–Crippen LogP) is -4.60. The molecule has 0 saturated heterocycles. The second-order valence-electron chi connectivity index (χ2n) is 3.98. The van der Waals surface area contributed by atoms with Crippen molar-refractivity contribution in [3.05, 3.63) is 0 Å². The van der Waals surface area contributed by atoms with Crippen LogP contribution in [0.5, 0.6) is 0 Å². The monoisotopic (exact) mass is 306 g/mol. The maximum absolute atomic E-state index is 11.5. The van der Waals surface area contributed by atoms with Gasteiger partial charge in [0.15, 0.2) is 18.2 Å². The minimum Gasteiger partial charge on any atom is -0.467 e. The topological polar surface area (TPSA) is 160 Å². The van der Waals surface area contributed by atoms with Gasteiger partial charge in [0.2, 0.25) is 0 Å². The fraction of sp³-hybridized carbons (Fsp3) is 0.727. The number of esters is 1. The van der Waals surface area contributed by atoms with E-state index >= 15 is 0 Å². The molecule has 0 aromatic carbocycles. The fourth-order valence-electron chi connectivity index (χ4n) is 1.29. The molecule has 0 aromatic heterocycles. The highest BCUT2D eigenvalue weighted by molar-refractivity contribution is 5.88. The number of methoxy groups -OCH3 is 1. The van der Waals surface area contributed by atoms with Crippen LogP contribution in [0, 0.1) is 0 Å². The highest BCUT2D eigenvalue weighted by Gasteiger charge is 2.30. The molecule has 21 heavy (non-hydrogen) atoms. The molecule has 0 radical (unpaired) electrons. The summed E-state index contributed by atoms with van der Waals surface area (Å²) < 4.78 is 4.22. The lowest BCUT2D eigenvalue weighted by atomic mass is 10.2. The van der Waals surface area contributed by atoms with Gasteiger partial charge in [-0.15, -0.1) is 0 Å². The van der Waals surface area contributed by atoms with Crippen molar-refractivity contribution in [2.45, 2.75) is 12.2 Å². The van der Waals surface area contributed by atoms with E-state index in [1.165, 1.54) is 0 Å². The van der Waals surface area contributed by atoms with Crippen LogP contribution in [0.1, 0.15) is 0 Å². The van der Waals surface area contributed by atoms with Gasteiger partial charge in [-0.1, -0.05) is 0 Å². The highest BCUT2D eigenvalue weighted by atomic mass is 16.5. The van der Waals surface area contributed by atoms with E-state index in [1.54, 1.807) is 7.05 Å². The SMILES string of the molecule is CN=C(NCC[NH3+])NCCNC(=O)[C@H](O)[C@@H](O)C(=O)OC. The summed E-state index contributed by atoms with van der Waals surface area (Å²) in [5.41, 5.74) is 3.68. The van der Waals surface area contributed by atoms with Gasteiger partial charge in [-0.2, -0.15) is 0 Å². The van der Waals surface area contributed by atoms with Crippen LogP contribution in [0.3, 0.4) is 0 Å². The van der Waals surface area contributed by atoms with Crippen LogP contribution in [0.2, 0.25) is 0 Å². The summed E-state index contributed by atoms with van der Waals surface area (Å²) in [4.78, 5) is 26.4. The van der Waals surface area contributed by atoms with Crippen molar-refractivity contribution >= 4 is 17.8 Å². The Hall–Kier alpha value is -1.91. The van der Waals surface area contributed by atoms with Gasteiger partial charge in [-0.05, 0) is 0 Å². The molecule has 0 bridgehead atoms. The van der Waals surface area contributed by atoms with E-state index < -0.39 is 24.1 Å². The van der Waals surface area contributed by atoms with Gasteiger partial charge in [-0.3, -0.25) is 9.79 Å². The van der Waals surface area contributed by atoms with Gasteiger partial charge < -0.3 is 36.6 Å². The van der Waals surface area contributed by atoms with E-state index in [2.05, 4.69) is 31.4 Å². The van der Waals surface area contributed by atoms with Crippen LogP contribution in [-0.4, -0.2) is 80.6 Å². The Kier molecular flexibility index (Phi) is 9.84. The Morgan fingerprint density at radius 3 is 2.24 bits per heavy atom. The van der Waals surface area contributed by atoms with E-state index in [1.807, 2.05) is 0 Å². The third kappa shape index (κ3) is 7.44. The second kappa shape index (κ2) is 10.8. The fourth-order valence-corrected chi connectivity index (χ4v) is 1.29. The molecule has 0 heterocycles. The number of quaternary nitrogens is 1. The van der Waals surface area contributed by atoms with E-state index in [0.717, 1.165) is 7.11 Å². The van der Waals surface area contributed by atoms with Gasteiger partial charge in [0, 0.05) is 20.1 Å². The van der Waals surface area contributed by atoms with Crippen molar-refractivity contribution in [2.24, 2.45) is 4.99 Å². The van der Waals surface area contributed by atoms with Crippen molar-refractivity contribution < 1.29 is 30.3 Å². The van der Waals surface area contributed by atoms with Gasteiger partial charge in [0.1, 0.15) is 0 Å². The average Bonchev–Trinajstić information content (AvgIpc) is 2.51. The molecule has 0 spiro atoms. The lowest BCUT2D eigenvalue weighted by molar-refractivity contribution is -0.364. The van der Waals surface area contributed by atoms with Crippen molar-refractivity contribution in [2.75, 3.05) is 40.3 Å². The van der Waals surface area contributed by atoms with Crippen LogP contribution in [0.4, 0.5) is 0 Å². The quantitative estimate of drug-likeness (QED) is 0.114. The van der Waals surface area contributed by atoms with Crippen LogP contribution in [-0.2, 0) is 14.3 Å². The van der Waals surface area contributed by atoms with Crippen molar-refractivity contribution in [3.8, 4) is 0 Å². The Labute approximate surface area is 122 Å². The average molecular weight is 306 g/mol. The lowest BCUT2D eigenvalue weighted by Crippen LogP contribution is -2.56. The number of carbonyl (C=O) groups excluding carboxylic acids is 2. The van der Waals surface area contributed by atoms with Crippen molar-refractivity contribution in [3.63, 3.8) is 0 Å². The van der Waals surface area contributed by atoms with Crippen LogP contribution in [0.25, 0.3) is 0 Å². The molecule has 0 rings (SSSR count). The van der Waals surface area contributed by atoms with Gasteiger partial charge in [-0.25, -0.2) is 4.79 Å². The number of aliphatic hydroxyl groups is 2. The number of aliphatic hydroxyl groups excluding tert-OH is 2. The number of carbonyl (C=O) groups is 2. The number of rotatable bonds is 8. The molecule has 0 aromatic rings. The zero-order valence-corrected chi connectivity index (χ0v) is 12.3. The lowest BCUT2D eigenvalue weighted by Gasteiger charge is -2.16. The summed E-state index contributed by atoms with van der Waals surface area (Å²) in [5.74, 6) is -1.38. The summed E-state index contributed by atoms with van der Waals surface area (Å²) in [6.45, 7) is 1.89. The molecule has 10 heteroatoms. The molecule has 0 aliphatic carbocycles. The molecule has 0 saturated carbocycles. The molecule has 8 N–H and O–H groups in total. The largest absolute Gasteiger partial charge is 0.467 e. The Morgan fingerprint density at radius 2 is 1.71 bits per heavy atom. The summed E-state index contributed by atoms with van der Waals surface area (Å²) >= 11 is 0. The maximum atomic E-state index is 11.5. The van der Waals surface area contributed by atoms with Gasteiger partial charge in [0.25, 0.3) is 5.91 Å². The summed E-state index contributed by atoms with van der Waals surface area (Å²) in [5, 5.41) is 27.0. The third-order valence-electron chi connectivity index (χ3n) is 2.42. The Morgan fingerprint density at radius 1 is 1.14 bits per heavy atom. The number of guanidine groups is 1. The summed E-state index contributed by atoms with van der Waals surface area (Å²) in [6, 6.07) is 0. The zero-order chi connectivity index (χ0) is 16.3. The van der Waals surface area contributed by atoms with Gasteiger partial charge >= 0.3 is 5.97 Å². The highest BCUT2D eigenvalue weighted by Crippen LogP contribution is 1.96. The molecule has 0 aliphatic rings. The Balaban J connectivity index is 4.01. The smallest absolute Gasteiger partial charge is 0.338 e. The first-order chi connectivity index (χ1) is 9.97. The zero-order valence-electron chi connectivity index (χ0n) is 12.3. The number of hydrogen-bond acceptors (Lipinski definition) is 6. The molecule has 0 aliphatic heterocycles. The van der Waals surface area contributed by atoms with E-state index in [9.17, 15) is 19.8 Å². The standard InChI is InChI=1S/C11H23N5O5/c1-13-11(15-4-3-12)16-6-5-14-9(19)7(17)8(18)10(20)21-2/h7-8,17-18H,3-6,12H2,1-2H3,(H,14,19)(H2,13,15,16)/p+1/t7-,8-/m1/s1. The third-order valence-corrected chi connectivity index (χ3v) is 2.42. The Bertz CT molecular complexity index is 363. The maximum Gasteiger partial charge on any atom is 0.338 e. The minimum atomic E-state index is -1.91. The van der Waals surface area contributed by atoms with Crippen LogP contribution < -0.4 is 21.7 Å². The van der Waals surface area contributed by atoms with E-state index in [-0.39, 0.29) is 6.54 Å². The normalized spacial score (nSPS) is 14.0. The number of aliphatic imine (C=N–C) groups is 1. The molecule has 10 nitrogen and oxygen atoms in total. The number of nitrogens with one attached hydrogen (secondary N) is 3. The molecule has 2 atom stereocenters. The molecular weight excluding hydrogens is 282 g/mol. The molecule has 122 valence electrons. The van der Waals surface area contributed by atoms with Crippen LogP contribution >= 0.6 is 0 Å².